The van der Waals surface area contributed by atoms with Gasteiger partial charge in [0.2, 0.25) is 0 Å². The number of nitrogens with one attached hydrogen (secondary N) is 1. The van der Waals surface area contributed by atoms with Crippen molar-refractivity contribution in [2.24, 2.45) is 0 Å². The second-order valence-electron chi connectivity index (χ2n) is 5.66. The molecule has 23 heavy (non-hydrogen) atoms. The number of hydrogen-bond donors (Lipinski definition) is 2. The molecule has 0 fully saturated rings. The van der Waals surface area contributed by atoms with E-state index in [1.165, 1.54) is 6.07 Å². The number of ether oxygens (including phenoxy) is 1. The second-order valence-corrected chi connectivity index (χ2v) is 6.48. The van der Waals surface area contributed by atoms with E-state index in [4.69, 9.17) is 8.85 Å². The summed E-state index contributed by atoms with van der Waals surface area (Å²) in [5.74, 6) is -0.429. The van der Waals surface area contributed by atoms with Crippen molar-refractivity contribution in [3.8, 4) is 0 Å². The number of fused-ring (bicyclic) bond motifs is 1. The number of aliphatic hydroxyl groups is 1. The van der Waals surface area contributed by atoms with Gasteiger partial charge in [0.15, 0.2) is 5.82 Å². The van der Waals surface area contributed by atoms with Crippen LogP contribution in [0.4, 0.5) is 10.6 Å². The van der Waals surface area contributed by atoms with Gasteiger partial charge in [-0.3, -0.25) is 9.69 Å². The third-order valence-corrected chi connectivity index (χ3v) is 3.14. The Morgan fingerprint density at radius 2 is 2.26 bits per heavy atom. The van der Waals surface area contributed by atoms with Gasteiger partial charge in [0.1, 0.15) is 10.2 Å². The molecule has 124 valence electrons. The van der Waals surface area contributed by atoms with Crippen LogP contribution < -0.4 is 10.5 Å². The molecule has 2 rings (SSSR count). The van der Waals surface area contributed by atoms with Crippen LogP contribution in [0.15, 0.2) is 15.5 Å². The fraction of sp³-hybridized carbons (Fsp3) is 0.429. The third-order valence-electron chi connectivity index (χ3n) is 2.74. The zero-order chi connectivity index (χ0) is 19.9. The smallest absolute Gasteiger partial charge is 0.415 e. The Bertz CT molecular complexity index is 908. The van der Waals surface area contributed by atoms with Crippen LogP contribution >= 0.6 is 15.9 Å². The van der Waals surface area contributed by atoms with E-state index in [1.807, 2.05) is 0 Å². The molecule has 2 heterocycles. The van der Waals surface area contributed by atoms with Gasteiger partial charge in [-0.25, -0.2) is 14.9 Å². The molecular formula is C14H17BrN4O4. The normalized spacial score (nSPS) is 14.0. The molecule has 0 unspecified atom stereocenters. The Balaban J connectivity index is 2.83. The molecule has 0 aliphatic carbocycles. The standard InChI is InChI=1S/C14H17BrN4O4/c1-14(2,3)23-13(22)19(4)11-10-7(5-9(15)16-11)8(6-20)17-18-12(10)21/h5,20H,6H2,1-4H3,(H,18,21)/i4D3. The maximum atomic E-state index is 12.5. The minimum atomic E-state index is -2.97. The summed E-state index contributed by atoms with van der Waals surface area (Å²) >= 11 is 3.12. The highest BCUT2D eigenvalue weighted by Gasteiger charge is 2.24. The molecule has 0 atom stereocenters. The quantitative estimate of drug-likeness (QED) is 0.762. The number of carbonyl (C=O) groups is 1. The number of hydrogen-bond acceptors (Lipinski definition) is 6. The fourth-order valence-electron chi connectivity index (χ4n) is 1.86. The van der Waals surface area contributed by atoms with Crippen LogP contribution in [-0.2, 0) is 11.3 Å². The average Bonchev–Trinajstić information content (AvgIpc) is 2.43. The molecule has 0 spiro atoms. The summed E-state index contributed by atoms with van der Waals surface area (Å²) in [7, 11) is 0. The maximum absolute atomic E-state index is 12.5. The number of aliphatic hydroxyl groups excluding tert-OH is 1. The van der Waals surface area contributed by atoms with Gasteiger partial charge in [0.25, 0.3) is 5.56 Å². The van der Waals surface area contributed by atoms with Crippen molar-refractivity contribution in [2.45, 2.75) is 33.0 Å². The monoisotopic (exact) mass is 387 g/mol. The van der Waals surface area contributed by atoms with Crippen LogP contribution in [0.2, 0.25) is 0 Å². The van der Waals surface area contributed by atoms with E-state index in [1.54, 1.807) is 20.8 Å². The molecule has 0 aliphatic rings. The number of aromatic nitrogens is 3. The van der Waals surface area contributed by atoms with Crippen LogP contribution in [0.5, 0.6) is 0 Å². The Kier molecular flexibility index (Phi) is 3.65. The zero-order valence-electron chi connectivity index (χ0n) is 15.7. The van der Waals surface area contributed by atoms with Gasteiger partial charge in [-0.05, 0) is 42.8 Å². The topological polar surface area (TPSA) is 108 Å². The summed E-state index contributed by atoms with van der Waals surface area (Å²) in [5.41, 5.74) is -1.63. The van der Waals surface area contributed by atoms with Crippen molar-refractivity contribution in [2.75, 3.05) is 11.9 Å². The van der Waals surface area contributed by atoms with E-state index in [0.29, 0.717) is 4.90 Å². The van der Waals surface area contributed by atoms with Crippen LogP contribution in [0.1, 0.15) is 30.6 Å². The predicted octanol–water partition coefficient (Wildman–Crippen LogP) is 1.94. The number of amides is 1. The number of anilines is 1. The first-order valence-electron chi connectivity index (χ1n) is 8.07. The molecule has 0 aliphatic heterocycles. The first-order chi connectivity index (χ1) is 11.8. The van der Waals surface area contributed by atoms with E-state index >= 15 is 0 Å². The summed E-state index contributed by atoms with van der Waals surface area (Å²) < 4.78 is 28.4. The summed E-state index contributed by atoms with van der Waals surface area (Å²) in [6.07, 6.45) is -1.19. The van der Waals surface area contributed by atoms with Crippen LogP contribution in [0, 0.1) is 0 Å². The number of H-pyrrole nitrogens is 1. The maximum Gasteiger partial charge on any atom is 0.415 e. The predicted molar refractivity (Wildman–Crippen MR) is 88.4 cm³/mol. The lowest BCUT2D eigenvalue weighted by atomic mass is 10.1. The van der Waals surface area contributed by atoms with Crippen molar-refractivity contribution in [1.82, 2.24) is 15.2 Å². The van der Waals surface area contributed by atoms with Crippen LogP contribution in [0.25, 0.3) is 10.8 Å². The first-order valence-corrected chi connectivity index (χ1v) is 7.36. The van der Waals surface area contributed by atoms with Crippen molar-refractivity contribution < 1.29 is 18.8 Å². The summed E-state index contributed by atoms with van der Waals surface area (Å²) in [5, 5.41) is 15.3. The Labute approximate surface area is 144 Å². The first kappa shape index (κ1) is 13.4. The van der Waals surface area contributed by atoms with Crippen molar-refractivity contribution >= 4 is 38.6 Å². The molecular weight excluding hydrogens is 368 g/mol. The number of nitrogens with zero attached hydrogens (tertiary/aromatic N) is 3. The number of pyridine rings is 1. The molecule has 2 N–H and O–H groups in total. The summed E-state index contributed by atoms with van der Waals surface area (Å²) in [6.45, 7) is 1.25. The highest BCUT2D eigenvalue weighted by Crippen LogP contribution is 2.27. The Hall–Kier alpha value is -2.00. The SMILES string of the molecule is [2H]C([2H])([2H])N(C(=O)OC(C)(C)C)c1nc(Br)cc2c(CO)n[nH]c(=O)c12. The van der Waals surface area contributed by atoms with Crippen LogP contribution in [-0.4, -0.2) is 39.0 Å². The molecule has 0 bridgehead atoms. The number of aromatic amines is 1. The van der Waals surface area contributed by atoms with Crippen molar-refractivity contribution in [3.05, 3.63) is 26.7 Å². The number of rotatable bonds is 2. The minimum Gasteiger partial charge on any atom is -0.443 e. The van der Waals surface area contributed by atoms with E-state index in [-0.39, 0.29) is 21.1 Å². The number of halogens is 1. The Morgan fingerprint density at radius 1 is 1.57 bits per heavy atom. The highest BCUT2D eigenvalue weighted by atomic mass is 79.9. The molecule has 9 heteroatoms. The van der Waals surface area contributed by atoms with Gasteiger partial charge in [-0.15, -0.1) is 0 Å². The molecule has 0 saturated carbocycles. The average molecular weight is 388 g/mol. The van der Waals surface area contributed by atoms with Gasteiger partial charge >= 0.3 is 6.09 Å². The van der Waals surface area contributed by atoms with E-state index in [9.17, 15) is 14.7 Å². The molecule has 1 amide bonds. The van der Waals surface area contributed by atoms with Crippen LogP contribution in [0.3, 0.4) is 0 Å². The Morgan fingerprint density at radius 3 is 2.83 bits per heavy atom. The lowest BCUT2D eigenvalue weighted by Crippen LogP contribution is -2.35. The van der Waals surface area contributed by atoms with Gasteiger partial charge in [-0.1, -0.05) is 0 Å². The second kappa shape index (κ2) is 6.25. The lowest BCUT2D eigenvalue weighted by Gasteiger charge is -2.24. The highest BCUT2D eigenvalue weighted by molar-refractivity contribution is 9.10. The van der Waals surface area contributed by atoms with Crippen molar-refractivity contribution in [1.29, 1.82) is 0 Å². The number of carbonyl (C=O) groups excluding carboxylic acids is 1. The molecule has 0 radical (unpaired) electrons. The van der Waals surface area contributed by atoms with Gasteiger partial charge in [0, 0.05) is 16.5 Å². The lowest BCUT2D eigenvalue weighted by molar-refractivity contribution is 0.0588. The van der Waals surface area contributed by atoms with E-state index in [0.717, 1.165) is 0 Å². The molecule has 2 aromatic heterocycles. The molecule has 0 saturated heterocycles. The van der Waals surface area contributed by atoms with E-state index in [2.05, 4.69) is 31.1 Å². The fourth-order valence-corrected chi connectivity index (χ4v) is 2.26. The van der Waals surface area contributed by atoms with Gasteiger partial charge in [-0.2, -0.15) is 5.10 Å². The molecule has 2 aromatic rings. The molecule has 8 nitrogen and oxygen atoms in total. The zero-order valence-corrected chi connectivity index (χ0v) is 14.3. The van der Waals surface area contributed by atoms with E-state index < -0.39 is 36.7 Å². The minimum absolute atomic E-state index is 0.0960. The van der Waals surface area contributed by atoms with Gasteiger partial charge < -0.3 is 9.84 Å². The largest absolute Gasteiger partial charge is 0.443 e. The summed E-state index contributed by atoms with van der Waals surface area (Å²) in [6, 6.07) is 1.40. The summed E-state index contributed by atoms with van der Waals surface area (Å²) in [4.78, 5) is 29.2. The third kappa shape index (κ3) is 3.67. The van der Waals surface area contributed by atoms with Crippen molar-refractivity contribution in [3.63, 3.8) is 0 Å². The molecule has 0 aromatic carbocycles. The van der Waals surface area contributed by atoms with Gasteiger partial charge in [0.05, 0.1) is 17.7 Å².